The molecule has 0 nitrogen and oxygen atoms in total. The van der Waals surface area contributed by atoms with Crippen molar-refractivity contribution in [3.63, 3.8) is 0 Å². The van der Waals surface area contributed by atoms with Crippen LogP contribution in [0.2, 0.25) is 0 Å². The summed E-state index contributed by atoms with van der Waals surface area (Å²) in [6.07, 6.45) is 8.36. The molecule has 0 saturated carbocycles. The van der Waals surface area contributed by atoms with Crippen molar-refractivity contribution in [2.75, 3.05) is 6.16 Å². The Balaban J connectivity index is 1.32. The van der Waals surface area contributed by atoms with Crippen LogP contribution in [0.1, 0.15) is 36.0 Å². The molecule has 190 valence electrons. The zero-order valence-corrected chi connectivity index (χ0v) is 23.1. The molecule has 0 saturated heterocycles. The fourth-order valence-corrected chi connectivity index (χ4v) is 9.91. The summed E-state index contributed by atoms with van der Waals surface area (Å²) in [6, 6.07) is 54.0. The predicted molar refractivity (Wildman–Crippen MR) is 168 cm³/mol. The van der Waals surface area contributed by atoms with E-state index in [4.69, 9.17) is 0 Å². The third-order valence-corrected chi connectivity index (χ3v) is 12.0. The molecular weight excluding hydrogens is 475 g/mol. The van der Waals surface area contributed by atoms with E-state index in [9.17, 15) is 0 Å². The highest BCUT2D eigenvalue weighted by Gasteiger charge is 2.44. The molecule has 0 heterocycles. The summed E-state index contributed by atoms with van der Waals surface area (Å²) in [5.41, 5.74) is 4.39. The van der Waals surface area contributed by atoms with Gasteiger partial charge in [0.2, 0.25) is 0 Å². The van der Waals surface area contributed by atoms with E-state index in [1.54, 1.807) is 0 Å². The maximum absolute atomic E-state index is 2.47. The van der Waals surface area contributed by atoms with Crippen molar-refractivity contribution in [3.8, 4) is 0 Å². The Morgan fingerprint density at radius 1 is 0.342 bits per heavy atom. The number of rotatable bonds is 12. The largest absolute Gasteiger partial charge is 0.112 e. The lowest BCUT2D eigenvalue weighted by atomic mass is 10.0. The van der Waals surface area contributed by atoms with Gasteiger partial charge in [0.25, 0.3) is 0 Å². The second kappa shape index (κ2) is 13.4. The van der Waals surface area contributed by atoms with E-state index in [-0.39, 0.29) is 0 Å². The van der Waals surface area contributed by atoms with Crippen molar-refractivity contribution >= 4 is 23.2 Å². The molecule has 0 aliphatic heterocycles. The third kappa shape index (κ3) is 6.50. The van der Waals surface area contributed by atoms with E-state index in [0.29, 0.717) is 0 Å². The van der Waals surface area contributed by atoms with Crippen molar-refractivity contribution in [1.82, 2.24) is 0 Å². The van der Waals surface area contributed by atoms with Gasteiger partial charge in [0.1, 0.15) is 23.2 Å². The van der Waals surface area contributed by atoms with Gasteiger partial charge in [0.05, 0.1) is 6.16 Å². The van der Waals surface area contributed by atoms with E-state index in [2.05, 4.69) is 146 Å². The molecule has 0 aromatic heterocycles. The van der Waals surface area contributed by atoms with Gasteiger partial charge in [-0.15, -0.1) is 0 Å². The van der Waals surface area contributed by atoms with Crippen LogP contribution in [0.25, 0.3) is 0 Å². The molecule has 5 aromatic carbocycles. The average Bonchev–Trinajstić information content (AvgIpc) is 3.00. The molecule has 0 atom stereocenters. The van der Waals surface area contributed by atoms with Crippen molar-refractivity contribution < 1.29 is 0 Å². The minimum absolute atomic E-state index is 1.08. The highest BCUT2D eigenvalue weighted by atomic mass is 31.2. The number of hydrogen-bond acceptors (Lipinski definition) is 0. The standard InChI is InChI=1S/C37H38P/c1-6-17-32(18-7-1)19-8-2-9-20-33-21-16-22-34(31-33)29-30-38(35-23-10-3-11-24-35,36-25-12-4-13-26-36)37-27-14-5-15-28-37/h1,3-7,10-18,21-28,31H,2,8-9,19-20,29-30H2/q+1. The second-order valence-corrected chi connectivity index (χ2v) is 13.8. The molecule has 0 bridgehead atoms. The Hall–Kier alpha value is -3.47. The van der Waals surface area contributed by atoms with Crippen molar-refractivity contribution in [3.05, 3.63) is 162 Å². The minimum atomic E-state index is -1.79. The molecule has 1 heteroatoms. The van der Waals surface area contributed by atoms with Crippen LogP contribution in [0.5, 0.6) is 0 Å². The Bertz CT molecular complexity index is 1270. The second-order valence-electron chi connectivity index (χ2n) is 10.2. The lowest BCUT2D eigenvalue weighted by Gasteiger charge is -2.28. The lowest BCUT2D eigenvalue weighted by Crippen LogP contribution is -2.34. The van der Waals surface area contributed by atoms with E-state index < -0.39 is 7.26 Å². The molecule has 0 aliphatic rings. The minimum Gasteiger partial charge on any atom is -0.0622 e. The predicted octanol–water partition coefficient (Wildman–Crippen LogP) is 8.18. The molecule has 38 heavy (non-hydrogen) atoms. The van der Waals surface area contributed by atoms with Crippen LogP contribution in [-0.4, -0.2) is 6.16 Å². The zero-order chi connectivity index (χ0) is 25.9. The summed E-state index contributed by atoms with van der Waals surface area (Å²) in [7, 11) is -1.79. The normalized spacial score (nSPS) is 11.4. The maximum Gasteiger partial charge on any atom is 0.112 e. The van der Waals surface area contributed by atoms with Gasteiger partial charge in [-0.3, -0.25) is 0 Å². The van der Waals surface area contributed by atoms with E-state index in [0.717, 1.165) is 12.6 Å². The molecule has 0 unspecified atom stereocenters. The number of aryl methyl sites for hydroxylation is 3. The van der Waals surface area contributed by atoms with Crippen molar-refractivity contribution in [2.45, 2.75) is 38.5 Å². The summed E-state index contributed by atoms with van der Waals surface area (Å²) in [6.45, 7) is 0. The monoisotopic (exact) mass is 513 g/mol. The van der Waals surface area contributed by atoms with Gasteiger partial charge in [0, 0.05) is 6.42 Å². The molecular formula is C37H38P+. The maximum atomic E-state index is 2.47. The fraction of sp³-hybridized carbons (Fsp3) is 0.189. The molecule has 0 spiro atoms. The van der Waals surface area contributed by atoms with Crippen LogP contribution < -0.4 is 15.9 Å². The number of hydrogen-bond donors (Lipinski definition) is 0. The van der Waals surface area contributed by atoms with Crippen LogP contribution in [0.3, 0.4) is 0 Å². The summed E-state index contributed by atoms with van der Waals surface area (Å²) >= 11 is 0. The molecule has 0 amide bonds. The highest BCUT2D eigenvalue weighted by Crippen LogP contribution is 2.55. The first kappa shape index (κ1) is 26.1. The Labute approximate surface area is 229 Å². The SMILES string of the molecule is c1ccc(CCCCCc2cccc(CC[P+](c3ccccc3)(c3ccccc3)c3ccccc3)c2)cc1. The molecule has 5 rings (SSSR count). The quantitative estimate of drug-likeness (QED) is 0.117. The van der Waals surface area contributed by atoms with Crippen LogP contribution in [-0.2, 0) is 19.3 Å². The molecule has 0 radical (unpaired) electrons. The summed E-state index contributed by atoms with van der Waals surface area (Å²) < 4.78 is 0. The Morgan fingerprint density at radius 3 is 1.24 bits per heavy atom. The average molecular weight is 514 g/mol. The van der Waals surface area contributed by atoms with Crippen molar-refractivity contribution in [2.24, 2.45) is 0 Å². The summed E-state index contributed by atoms with van der Waals surface area (Å²) in [4.78, 5) is 0. The molecule has 0 fully saturated rings. The van der Waals surface area contributed by atoms with Crippen molar-refractivity contribution in [1.29, 1.82) is 0 Å². The first-order chi connectivity index (χ1) is 18.8. The topological polar surface area (TPSA) is 0 Å². The van der Waals surface area contributed by atoms with E-state index >= 15 is 0 Å². The lowest BCUT2D eigenvalue weighted by molar-refractivity contribution is 0.678. The summed E-state index contributed by atoms with van der Waals surface area (Å²) in [5, 5.41) is 4.39. The molecule has 0 N–H and O–H groups in total. The van der Waals surface area contributed by atoms with Gasteiger partial charge < -0.3 is 0 Å². The summed E-state index contributed by atoms with van der Waals surface area (Å²) in [5.74, 6) is 0. The zero-order valence-electron chi connectivity index (χ0n) is 22.3. The van der Waals surface area contributed by atoms with Crippen LogP contribution in [0, 0.1) is 0 Å². The molecule has 0 aliphatic carbocycles. The first-order valence-corrected chi connectivity index (χ1v) is 16.0. The highest BCUT2D eigenvalue weighted by molar-refractivity contribution is 7.95. The number of benzene rings is 5. The fourth-order valence-electron chi connectivity index (χ4n) is 5.60. The third-order valence-electron chi connectivity index (χ3n) is 7.59. The van der Waals surface area contributed by atoms with Gasteiger partial charge in [-0.2, -0.15) is 0 Å². The Morgan fingerprint density at radius 2 is 0.737 bits per heavy atom. The van der Waals surface area contributed by atoms with Crippen LogP contribution >= 0.6 is 7.26 Å². The van der Waals surface area contributed by atoms with E-state index in [1.807, 2.05) is 0 Å². The Kier molecular flexibility index (Phi) is 9.20. The van der Waals surface area contributed by atoms with Crippen LogP contribution in [0.4, 0.5) is 0 Å². The van der Waals surface area contributed by atoms with E-state index in [1.165, 1.54) is 64.7 Å². The van der Waals surface area contributed by atoms with Gasteiger partial charge in [0.15, 0.2) is 0 Å². The number of unbranched alkanes of at least 4 members (excludes halogenated alkanes) is 2. The van der Waals surface area contributed by atoms with Gasteiger partial charge >= 0.3 is 0 Å². The van der Waals surface area contributed by atoms with Gasteiger partial charge in [-0.05, 0) is 78.8 Å². The van der Waals surface area contributed by atoms with Gasteiger partial charge in [-0.1, -0.05) is 116 Å². The smallest absolute Gasteiger partial charge is 0.0622 e. The molecule has 5 aromatic rings. The first-order valence-electron chi connectivity index (χ1n) is 14.0. The van der Waals surface area contributed by atoms with Crippen LogP contribution in [0.15, 0.2) is 146 Å². The van der Waals surface area contributed by atoms with Gasteiger partial charge in [-0.25, -0.2) is 0 Å².